The number of halogens is 2. The molecule has 158 valence electrons. The van der Waals surface area contributed by atoms with E-state index in [1.807, 2.05) is 6.26 Å². The molecule has 9 heteroatoms. The summed E-state index contributed by atoms with van der Waals surface area (Å²) in [5.74, 6) is 1.35. The zero-order valence-corrected chi connectivity index (χ0v) is 19.0. The van der Waals surface area contributed by atoms with Crippen LogP contribution in [0.1, 0.15) is 50.9 Å². The standard InChI is InChI=1S/C20H26Cl2N4O2S/c1-13(28-15-9-10-16(21)17(22)12-15)19(27)23-11-5-8-18-24-25-20(29-2)26(18)14-6-3-4-7-14/h9-10,12-14H,3-8,11H2,1-2H3,(H,23,27). The van der Waals surface area contributed by atoms with Crippen LogP contribution >= 0.6 is 35.0 Å². The lowest BCUT2D eigenvalue weighted by atomic mass is 10.2. The zero-order chi connectivity index (χ0) is 20.8. The number of thioether (sulfide) groups is 1. The average Bonchev–Trinajstić information content (AvgIpc) is 3.36. The van der Waals surface area contributed by atoms with Crippen LogP contribution in [0.4, 0.5) is 0 Å². The van der Waals surface area contributed by atoms with Crippen molar-refractivity contribution in [2.24, 2.45) is 0 Å². The number of benzene rings is 1. The largest absolute Gasteiger partial charge is 0.481 e. The predicted octanol–water partition coefficient (Wildman–Crippen LogP) is 4.94. The van der Waals surface area contributed by atoms with Crippen LogP contribution in [0.3, 0.4) is 0 Å². The van der Waals surface area contributed by atoms with Crippen molar-refractivity contribution in [1.82, 2.24) is 20.1 Å². The molecule has 29 heavy (non-hydrogen) atoms. The molecule has 6 nitrogen and oxygen atoms in total. The maximum absolute atomic E-state index is 12.3. The Morgan fingerprint density at radius 2 is 2.07 bits per heavy atom. The lowest BCUT2D eigenvalue weighted by Gasteiger charge is -2.17. The lowest BCUT2D eigenvalue weighted by Crippen LogP contribution is -2.37. The van der Waals surface area contributed by atoms with Gasteiger partial charge in [-0.2, -0.15) is 0 Å². The van der Waals surface area contributed by atoms with E-state index in [0.717, 1.165) is 23.8 Å². The predicted molar refractivity (Wildman–Crippen MR) is 117 cm³/mol. The van der Waals surface area contributed by atoms with Crippen LogP contribution in [0.5, 0.6) is 5.75 Å². The zero-order valence-electron chi connectivity index (χ0n) is 16.7. The van der Waals surface area contributed by atoms with E-state index >= 15 is 0 Å². The molecule has 1 aliphatic carbocycles. The number of hydrogen-bond acceptors (Lipinski definition) is 5. The van der Waals surface area contributed by atoms with Gasteiger partial charge in [-0.05, 0) is 44.6 Å². The number of nitrogens with one attached hydrogen (secondary N) is 1. The van der Waals surface area contributed by atoms with E-state index in [4.69, 9.17) is 27.9 Å². The van der Waals surface area contributed by atoms with Crippen molar-refractivity contribution in [2.45, 2.75) is 62.8 Å². The third kappa shape index (κ3) is 5.80. The average molecular weight is 457 g/mol. The van der Waals surface area contributed by atoms with Crippen molar-refractivity contribution in [1.29, 1.82) is 0 Å². The first kappa shape index (κ1) is 22.2. The summed E-state index contributed by atoms with van der Waals surface area (Å²) >= 11 is 13.5. The quantitative estimate of drug-likeness (QED) is 0.427. The normalized spacial score (nSPS) is 15.4. The molecule has 1 aromatic carbocycles. The highest BCUT2D eigenvalue weighted by Gasteiger charge is 2.23. The Balaban J connectivity index is 1.47. The van der Waals surface area contributed by atoms with Crippen molar-refractivity contribution in [3.8, 4) is 5.75 Å². The first-order valence-corrected chi connectivity index (χ1v) is 11.8. The molecule has 1 heterocycles. The van der Waals surface area contributed by atoms with Gasteiger partial charge in [0.2, 0.25) is 0 Å². The molecule has 1 N–H and O–H groups in total. The number of hydrogen-bond donors (Lipinski definition) is 1. The molecule has 1 aliphatic rings. The van der Waals surface area contributed by atoms with Gasteiger partial charge in [0.15, 0.2) is 11.3 Å². The number of ether oxygens (including phenoxy) is 1. The fourth-order valence-corrected chi connectivity index (χ4v) is 4.42. The molecule has 1 aromatic heterocycles. The molecule has 1 amide bonds. The summed E-state index contributed by atoms with van der Waals surface area (Å²) in [4.78, 5) is 12.3. The van der Waals surface area contributed by atoms with Crippen molar-refractivity contribution in [3.05, 3.63) is 34.1 Å². The van der Waals surface area contributed by atoms with Crippen molar-refractivity contribution >= 4 is 40.9 Å². The second kappa shape index (κ2) is 10.5. The van der Waals surface area contributed by atoms with E-state index in [2.05, 4.69) is 20.1 Å². The Labute approximate surface area is 185 Å². The fraction of sp³-hybridized carbons (Fsp3) is 0.550. The highest BCUT2D eigenvalue weighted by Crippen LogP contribution is 2.33. The van der Waals surface area contributed by atoms with E-state index in [-0.39, 0.29) is 5.91 Å². The van der Waals surface area contributed by atoms with Gasteiger partial charge in [0, 0.05) is 25.1 Å². The summed E-state index contributed by atoms with van der Waals surface area (Å²) < 4.78 is 7.95. The summed E-state index contributed by atoms with van der Waals surface area (Å²) in [6.07, 6.45) is 7.91. The van der Waals surface area contributed by atoms with Crippen molar-refractivity contribution in [2.75, 3.05) is 12.8 Å². The maximum atomic E-state index is 12.3. The number of carbonyl (C=O) groups excluding carboxylic acids is 1. The first-order chi connectivity index (χ1) is 14.0. The number of rotatable bonds is 9. The van der Waals surface area contributed by atoms with E-state index in [1.54, 1.807) is 36.9 Å². The maximum Gasteiger partial charge on any atom is 0.260 e. The third-order valence-electron chi connectivity index (χ3n) is 5.06. The van der Waals surface area contributed by atoms with Crippen LogP contribution in [-0.2, 0) is 11.2 Å². The van der Waals surface area contributed by atoms with Gasteiger partial charge in [-0.15, -0.1) is 10.2 Å². The fourth-order valence-electron chi connectivity index (χ4n) is 3.56. The minimum Gasteiger partial charge on any atom is -0.481 e. The van der Waals surface area contributed by atoms with Gasteiger partial charge in [-0.25, -0.2) is 0 Å². The molecule has 2 aromatic rings. The second-order valence-corrected chi connectivity index (χ2v) is 8.73. The molecular weight excluding hydrogens is 431 g/mol. The Hall–Kier alpha value is -1.44. The highest BCUT2D eigenvalue weighted by atomic mass is 35.5. The van der Waals surface area contributed by atoms with Gasteiger partial charge in [0.05, 0.1) is 10.0 Å². The third-order valence-corrected chi connectivity index (χ3v) is 6.44. The Morgan fingerprint density at radius 1 is 1.31 bits per heavy atom. The minimum atomic E-state index is -0.627. The number of carbonyl (C=O) groups is 1. The van der Waals surface area contributed by atoms with E-state index in [1.165, 1.54) is 25.7 Å². The number of aromatic nitrogens is 3. The van der Waals surface area contributed by atoms with E-state index < -0.39 is 6.10 Å². The Bertz CT molecular complexity index is 840. The summed E-state index contributed by atoms with van der Waals surface area (Å²) in [6.45, 7) is 2.26. The number of nitrogens with zero attached hydrogens (tertiary/aromatic N) is 3. The molecule has 0 saturated heterocycles. The summed E-state index contributed by atoms with van der Waals surface area (Å²) in [6, 6.07) is 5.45. The van der Waals surface area contributed by atoms with Gasteiger partial charge in [0.1, 0.15) is 11.6 Å². The lowest BCUT2D eigenvalue weighted by molar-refractivity contribution is -0.127. The Morgan fingerprint density at radius 3 is 2.76 bits per heavy atom. The molecule has 1 saturated carbocycles. The summed E-state index contributed by atoms with van der Waals surface area (Å²) in [5.41, 5.74) is 0. The van der Waals surface area contributed by atoms with E-state index in [9.17, 15) is 4.79 Å². The molecule has 1 fully saturated rings. The van der Waals surface area contributed by atoms with Crippen molar-refractivity contribution in [3.63, 3.8) is 0 Å². The van der Waals surface area contributed by atoms with Crippen LogP contribution in [0, 0.1) is 0 Å². The van der Waals surface area contributed by atoms with Gasteiger partial charge in [0.25, 0.3) is 5.91 Å². The highest BCUT2D eigenvalue weighted by molar-refractivity contribution is 7.98. The second-order valence-electron chi connectivity index (χ2n) is 7.14. The first-order valence-electron chi connectivity index (χ1n) is 9.86. The van der Waals surface area contributed by atoms with Gasteiger partial charge < -0.3 is 14.6 Å². The Kier molecular flexibility index (Phi) is 8.09. The van der Waals surface area contributed by atoms with Crippen molar-refractivity contribution < 1.29 is 9.53 Å². The summed E-state index contributed by atoms with van der Waals surface area (Å²) in [5, 5.41) is 13.5. The number of aryl methyl sites for hydroxylation is 1. The topological polar surface area (TPSA) is 69.0 Å². The van der Waals surface area contributed by atoms with E-state index in [0.29, 0.717) is 28.4 Å². The molecule has 1 atom stereocenters. The monoisotopic (exact) mass is 456 g/mol. The van der Waals surface area contributed by atoms with Crippen LogP contribution in [-0.4, -0.2) is 39.6 Å². The van der Waals surface area contributed by atoms with Gasteiger partial charge in [-0.3, -0.25) is 4.79 Å². The molecular formula is C20H26Cl2N4O2S. The molecule has 0 bridgehead atoms. The molecule has 1 unspecified atom stereocenters. The van der Waals surface area contributed by atoms with Gasteiger partial charge in [-0.1, -0.05) is 47.8 Å². The smallest absolute Gasteiger partial charge is 0.260 e. The SMILES string of the molecule is CSc1nnc(CCCNC(=O)C(C)Oc2ccc(Cl)c(Cl)c2)n1C1CCCC1. The van der Waals surface area contributed by atoms with Crippen LogP contribution < -0.4 is 10.1 Å². The summed E-state index contributed by atoms with van der Waals surface area (Å²) in [7, 11) is 0. The van der Waals surface area contributed by atoms with Gasteiger partial charge >= 0.3 is 0 Å². The van der Waals surface area contributed by atoms with Crippen LogP contribution in [0.2, 0.25) is 10.0 Å². The molecule has 0 spiro atoms. The molecule has 3 rings (SSSR count). The molecule has 0 radical (unpaired) electrons. The number of amides is 1. The van der Waals surface area contributed by atoms with Crippen LogP contribution in [0.15, 0.2) is 23.4 Å². The minimum absolute atomic E-state index is 0.168. The van der Waals surface area contributed by atoms with Crippen LogP contribution in [0.25, 0.3) is 0 Å². The molecule has 0 aliphatic heterocycles.